The van der Waals surface area contributed by atoms with E-state index in [4.69, 9.17) is 4.74 Å². The van der Waals surface area contributed by atoms with E-state index in [2.05, 4.69) is 10.6 Å². The fourth-order valence-electron chi connectivity index (χ4n) is 1.80. The van der Waals surface area contributed by atoms with Crippen molar-refractivity contribution in [2.45, 2.75) is 13.8 Å². The molecule has 6 heteroatoms. The Bertz CT molecular complexity index is 697. The molecule has 2 N–H and O–H groups in total. The minimum absolute atomic E-state index is 0.0699. The van der Waals surface area contributed by atoms with E-state index in [1.807, 2.05) is 13.8 Å². The molecule has 0 unspecified atom stereocenters. The number of nitrogens with one attached hydrogen (secondary N) is 2. The first kappa shape index (κ1) is 17.5. The number of benzene rings is 2. The van der Waals surface area contributed by atoms with Crippen LogP contribution in [0, 0.1) is 11.7 Å². The van der Waals surface area contributed by atoms with Gasteiger partial charge in [-0.15, -0.1) is 0 Å². The monoisotopic (exact) mass is 330 g/mol. The van der Waals surface area contributed by atoms with Crippen LogP contribution in [0.3, 0.4) is 0 Å². The topological polar surface area (TPSA) is 67.4 Å². The third kappa shape index (κ3) is 5.39. The highest BCUT2D eigenvalue weighted by molar-refractivity contribution is 5.94. The van der Waals surface area contributed by atoms with Gasteiger partial charge in [-0.2, -0.15) is 0 Å². The summed E-state index contributed by atoms with van der Waals surface area (Å²) in [4.78, 5) is 23.4. The minimum atomic E-state index is -0.364. The average Bonchev–Trinajstić information content (AvgIpc) is 2.56. The van der Waals surface area contributed by atoms with E-state index in [-0.39, 0.29) is 30.2 Å². The molecule has 24 heavy (non-hydrogen) atoms. The Hall–Kier alpha value is -2.89. The molecule has 0 heterocycles. The highest BCUT2D eigenvalue weighted by Gasteiger charge is 2.08. The molecule has 0 bridgehead atoms. The zero-order valence-corrected chi connectivity index (χ0v) is 13.5. The third-order valence-corrected chi connectivity index (χ3v) is 3.14. The lowest BCUT2D eigenvalue weighted by Crippen LogP contribution is -2.20. The third-order valence-electron chi connectivity index (χ3n) is 3.14. The van der Waals surface area contributed by atoms with Crippen molar-refractivity contribution < 1.29 is 18.7 Å². The quantitative estimate of drug-likeness (QED) is 0.852. The van der Waals surface area contributed by atoms with Gasteiger partial charge in [-0.1, -0.05) is 13.8 Å². The molecule has 5 nitrogen and oxygen atoms in total. The molecule has 0 spiro atoms. The molecule has 0 saturated carbocycles. The lowest BCUT2D eigenvalue weighted by molar-refractivity contribution is -0.119. The number of rotatable bonds is 6. The van der Waals surface area contributed by atoms with E-state index in [9.17, 15) is 14.0 Å². The number of halogens is 1. The van der Waals surface area contributed by atoms with Crippen LogP contribution < -0.4 is 15.4 Å². The van der Waals surface area contributed by atoms with E-state index < -0.39 is 0 Å². The first-order valence-electron chi connectivity index (χ1n) is 7.53. The summed E-state index contributed by atoms with van der Waals surface area (Å²) < 4.78 is 18.0. The number of ether oxygens (including phenoxy) is 1. The summed E-state index contributed by atoms with van der Waals surface area (Å²) in [5.41, 5.74) is 1.25. The summed E-state index contributed by atoms with van der Waals surface area (Å²) in [6.45, 7) is 3.44. The molecule has 0 saturated heterocycles. The maximum absolute atomic E-state index is 12.8. The van der Waals surface area contributed by atoms with Crippen LogP contribution in [0.25, 0.3) is 0 Å². The van der Waals surface area contributed by atoms with Gasteiger partial charge >= 0.3 is 0 Å². The zero-order chi connectivity index (χ0) is 17.5. The Balaban J connectivity index is 1.83. The standard InChI is InChI=1S/C18H19FN2O3/c1-12(2)18(23)21-15-7-5-14(6-8-15)20-17(22)11-24-16-9-3-13(19)4-10-16/h3-10,12H,11H2,1-2H3,(H,20,22)(H,21,23). The summed E-state index contributed by atoms with van der Waals surface area (Å²) in [7, 11) is 0. The molecule has 0 radical (unpaired) electrons. The van der Waals surface area contributed by atoms with Crippen LogP contribution in [0.2, 0.25) is 0 Å². The van der Waals surface area contributed by atoms with Crippen molar-refractivity contribution in [3.63, 3.8) is 0 Å². The van der Waals surface area contributed by atoms with Crippen LogP contribution in [0.1, 0.15) is 13.8 Å². The number of carbonyl (C=O) groups is 2. The van der Waals surface area contributed by atoms with Gasteiger partial charge < -0.3 is 15.4 Å². The van der Waals surface area contributed by atoms with Crippen LogP contribution in [0.15, 0.2) is 48.5 Å². The van der Waals surface area contributed by atoms with E-state index in [0.717, 1.165) is 0 Å². The van der Waals surface area contributed by atoms with Gasteiger partial charge in [0.25, 0.3) is 5.91 Å². The van der Waals surface area contributed by atoms with Crippen molar-refractivity contribution in [1.29, 1.82) is 0 Å². The second kappa shape index (κ2) is 8.10. The summed E-state index contributed by atoms with van der Waals surface area (Å²) in [6, 6.07) is 12.2. The summed E-state index contributed by atoms with van der Waals surface area (Å²) in [5.74, 6) is -0.458. The van der Waals surface area contributed by atoms with Gasteiger partial charge in [0, 0.05) is 17.3 Å². The molecule has 0 fully saturated rings. The molecule has 0 atom stereocenters. The summed E-state index contributed by atoms with van der Waals surface area (Å²) in [6.07, 6.45) is 0. The predicted molar refractivity (Wildman–Crippen MR) is 90.4 cm³/mol. The van der Waals surface area contributed by atoms with E-state index >= 15 is 0 Å². The highest BCUT2D eigenvalue weighted by Crippen LogP contribution is 2.15. The zero-order valence-electron chi connectivity index (χ0n) is 13.5. The normalized spacial score (nSPS) is 10.3. The molecule has 0 aromatic heterocycles. The molecule has 2 amide bonds. The Labute approximate surface area is 139 Å². The lowest BCUT2D eigenvalue weighted by Gasteiger charge is -2.10. The Morgan fingerprint density at radius 1 is 0.958 bits per heavy atom. The maximum atomic E-state index is 12.8. The van der Waals surface area contributed by atoms with Crippen molar-refractivity contribution in [3.8, 4) is 5.75 Å². The molecule has 0 aliphatic carbocycles. The number of anilines is 2. The predicted octanol–water partition coefficient (Wildman–Crippen LogP) is 3.44. The molecule has 126 valence electrons. The second-order valence-corrected chi connectivity index (χ2v) is 5.51. The number of hydrogen-bond acceptors (Lipinski definition) is 3. The Kier molecular flexibility index (Phi) is 5.89. The van der Waals surface area contributed by atoms with E-state index in [1.54, 1.807) is 24.3 Å². The Morgan fingerprint density at radius 2 is 1.50 bits per heavy atom. The maximum Gasteiger partial charge on any atom is 0.262 e. The van der Waals surface area contributed by atoms with Crippen molar-refractivity contribution in [2.75, 3.05) is 17.2 Å². The molecule has 2 aromatic carbocycles. The van der Waals surface area contributed by atoms with Crippen LogP contribution >= 0.6 is 0 Å². The van der Waals surface area contributed by atoms with Gasteiger partial charge in [0.1, 0.15) is 11.6 Å². The van der Waals surface area contributed by atoms with Crippen molar-refractivity contribution in [2.24, 2.45) is 5.92 Å². The SMILES string of the molecule is CC(C)C(=O)Nc1ccc(NC(=O)COc2ccc(F)cc2)cc1. The second-order valence-electron chi connectivity index (χ2n) is 5.51. The fourth-order valence-corrected chi connectivity index (χ4v) is 1.80. The number of hydrogen-bond donors (Lipinski definition) is 2. The van der Waals surface area contributed by atoms with Gasteiger partial charge in [-0.3, -0.25) is 9.59 Å². The number of carbonyl (C=O) groups excluding carboxylic acids is 2. The molecule has 2 rings (SSSR count). The largest absolute Gasteiger partial charge is 0.484 e. The highest BCUT2D eigenvalue weighted by atomic mass is 19.1. The van der Waals surface area contributed by atoms with Gasteiger partial charge in [0.2, 0.25) is 5.91 Å². The summed E-state index contributed by atoms with van der Waals surface area (Å²) in [5, 5.41) is 5.44. The van der Waals surface area contributed by atoms with Crippen LogP contribution in [0.4, 0.5) is 15.8 Å². The van der Waals surface area contributed by atoms with Crippen LogP contribution in [-0.2, 0) is 9.59 Å². The van der Waals surface area contributed by atoms with Gasteiger partial charge in [0.15, 0.2) is 6.61 Å². The lowest BCUT2D eigenvalue weighted by atomic mass is 10.2. The van der Waals surface area contributed by atoms with Crippen LogP contribution in [0.5, 0.6) is 5.75 Å². The average molecular weight is 330 g/mol. The van der Waals surface area contributed by atoms with Crippen molar-refractivity contribution in [3.05, 3.63) is 54.3 Å². The fraction of sp³-hybridized carbons (Fsp3) is 0.222. The van der Waals surface area contributed by atoms with Gasteiger partial charge in [0.05, 0.1) is 0 Å². The molecule has 2 aromatic rings. The smallest absolute Gasteiger partial charge is 0.262 e. The van der Waals surface area contributed by atoms with Gasteiger partial charge in [-0.25, -0.2) is 4.39 Å². The van der Waals surface area contributed by atoms with E-state index in [0.29, 0.717) is 17.1 Å². The first-order valence-corrected chi connectivity index (χ1v) is 7.53. The molecular formula is C18H19FN2O3. The van der Waals surface area contributed by atoms with E-state index in [1.165, 1.54) is 24.3 Å². The van der Waals surface area contributed by atoms with Crippen molar-refractivity contribution >= 4 is 23.2 Å². The molecule has 0 aliphatic rings. The van der Waals surface area contributed by atoms with Gasteiger partial charge in [-0.05, 0) is 48.5 Å². The first-order chi connectivity index (χ1) is 11.4. The minimum Gasteiger partial charge on any atom is -0.484 e. The van der Waals surface area contributed by atoms with Crippen molar-refractivity contribution in [1.82, 2.24) is 0 Å². The molecular weight excluding hydrogens is 311 g/mol. The molecule has 0 aliphatic heterocycles. The van der Waals surface area contributed by atoms with Crippen LogP contribution in [-0.4, -0.2) is 18.4 Å². The summed E-state index contributed by atoms with van der Waals surface area (Å²) >= 11 is 0. The Morgan fingerprint density at radius 3 is 2.04 bits per heavy atom. The number of amides is 2.